The second-order valence-electron chi connectivity index (χ2n) is 3.16. The number of hydrogen-bond donors (Lipinski definition) is 2. The van der Waals surface area contributed by atoms with E-state index in [9.17, 15) is 4.79 Å². The third-order valence-corrected chi connectivity index (χ3v) is 1.71. The van der Waals surface area contributed by atoms with Gasteiger partial charge in [0.05, 0.1) is 5.70 Å². The molecule has 1 amide bonds. The lowest BCUT2D eigenvalue weighted by molar-refractivity contribution is -0.119. The smallest absolute Gasteiger partial charge is 0.217 e. The van der Waals surface area contributed by atoms with Crippen LogP contribution in [-0.4, -0.2) is 25.2 Å². The largest absolute Gasteiger partial charge is 0.387 e. The Labute approximate surface area is 85.5 Å². The molecule has 0 fully saturated rings. The molecule has 4 nitrogen and oxygen atoms in total. The van der Waals surface area contributed by atoms with Crippen LogP contribution in [0.4, 0.5) is 0 Å². The van der Waals surface area contributed by atoms with Gasteiger partial charge in [0.1, 0.15) is 0 Å². The Morgan fingerprint density at radius 3 is 2.71 bits per heavy atom. The van der Waals surface area contributed by atoms with E-state index in [1.807, 2.05) is 20.0 Å². The normalized spacial score (nSPS) is 13.2. The van der Waals surface area contributed by atoms with E-state index in [-0.39, 0.29) is 11.9 Å². The number of aliphatic imine (C=N–C) groups is 1. The summed E-state index contributed by atoms with van der Waals surface area (Å²) >= 11 is 0. The molecule has 4 heteroatoms. The van der Waals surface area contributed by atoms with Gasteiger partial charge in [-0.15, -0.1) is 0 Å². The Bertz CT molecular complexity index is 223. The first-order valence-corrected chi connectivity index (χ1v) is 4.76. The van der Waals surface area contributed by atoms with Crippen LogP contribution in [0.15, 0.2) is 16.9 Å². The summed E-state index contributed by atoms with van der Waals surface area (Å²) < 4.78 is 0. The van der Waals surface area contributed by atoms with Gasteiger partial charge in [-0.2, -0.15) is 0 Å². The molecule has 14 heavy (non-hydrogen) atoms. The van der Waals surface area contributed by atoms with Gasteiger partial charge in [0.2, 0.25) is 5.91 Å². The zero-order chi connectivity index (χ0) is 11.0. The summed E-state index contributed by atoms with van der Waals surface area (Å²) in [7, 11) is 0. The number of allylic oxidation sites excluding steroid dienone is 1. The quantitative estimate of drug-likeness (QED) is 0.625. The molecule has 80 valence electrons. The number of carbonyl (C=O) groups is 1. The Hall–Kier alpha value is -1.32. The van der Waals surface area contributed by atoms with Crippen LogP contribution in [0.25, 0.3) is 0 Å². The third-order valence-electron chi connectivity index (χ3n) is 1.71. The molecule has 0 aliphatic carbocycles. The first-order valence-electron chi connectivity index (χ1n) is 4.76. The SMILES string of the molecule is C=N/C(=C/NC[C@@H](C)NC(C)=O)CC. The molecule has 0 aliphatic heterocycles. The van der Waals surface area contributed by atoms with Crippen molar-refractivity contribution in [1.29, 1.82) is 0 Å². The summed E-state index contributed by atoms with van der Waals surface area (Å²) in [5.41, 5.74) is 0.917. The van der Waals surface area contributed by atoms with Crippen LogP contribution in [0, 0.1) is 0 Å². The number of nitrogens with one attached hydrogen (secondary N) is 2. The summed E-state index contributed by atoms with van der Waals surface area (Å²) in [6.45, 7) is 9.61. The molecule has 0 aromatic heterocycles. The Morgan fingerprint density at radius 1 is 1.64 bits per heavy atom. The molecular weight excluding hydrogens is 178 g/mol. The van der Waals surface area contributed by atoms with Crippen LogP contribution >= 0.6 is 0 Å². The monoisotopic (exact) mass is 197 g/mol. The van der Waals surface area contributed by atoms with E-state index in [4.69, 9.17) is 0 Å². The molecule has 0 saturated carbocycles. The minimum Gasteiger partial charge on any atom is -0.387 e. The summed E-state index contributed by atoms with van der Waals surface area (Å²) in [6, 6.07) is 0.117. The number of rotatable bonds is 6. The summed E-state index contributed by atoms with van der Waals surface area (Å²) in [6.07, 6.45) is 2.68. The summed E-state index contributed by atoms with van der Waals surface area (Å²) in [5, 5.41) is 5.86. The van der Waals surface area contributed by atoms with Crippen LogP contribution in [0.5, 0.6) is 0 Å². The molecule has 0 heterocycles. The molecule has 2 N–H and O–H groups in total. The van der Waals surface area contributed by atoms with E-state index >= 15 is 0 Å². The lowest BCUT2D eigenvalue weighted by Gasteiger charge is -2.12. The van der Waals surface area contributed by atoms with Crippen LogP contribution in [-0.2, 0) is 4.79 Å². The molecule has 0 unspecified atom stereocenters. The van der Waals surface area contributed by atoms with Crippen LogP contribution in [0.2, 0.25) is 0 Å². The maximum absolute atomic E-state index is 10.7. The topological polar surface area (TPSA) is 53.5 Å². The van der Waals surface area contributed by atoms with Gasteiger partial charge in [-0.3, -0.25) is 9.79 Å². The van der Waals surface area contributed by atoms with E-state index in [0.29, 0.717) is 6.54 Å². The predicted octanol–water partition coefficient (Wildman–Crippen LogP) is 1.05. The van der Waals surface area contributed by atoms with Crippen LogP contribution < -0.4 is 10.6 Å². The van der Waals surface area contributed by atoms with Crippen molar-refractivity contribution in [3.05, 3.63) is 11.9 Å². The maximum atomic E-state index is 10.7. The van der Waals surface area contributed by atoms with Crippen molar-refractivity contribution in [3.8, 4) is 0 Å². The van der Waals surface area contributed by atoms with Crippen LogP contribution in [0.3, 0.4) is 0 Å². The van der Waals surface area contributed by atoms with Gasteiger partial charge in [-0.25, -0.2) is 0 Å². The Kier molecular flexibility index (Phi) is 6.45. The minimum atomic E-state index is -0.0131. The average Bonchev–Trinajstić information content (AvgIpc) is 2.11. The Balaban J connectivity index is 3.76. The first kappa shape index (κ1) is 12.7. The fourth-order valence-electron chi connectivity index (χ4n) is 1.01. The number of hydrogen-bond acceptors (Lipinski definition) is 3. The van der Waals surface area contributed by atoms with Gasteiger partial charge >= 0.3 is 0 Å². The van der Waals surface area contributed by atoms with Crippen molar-refractivity contribution in [3.63, 3.8) is 0 Å². The molecular formula is C10H19N3O. The standard InChI is InChI=1S/C10H19N3O/c1-5-10(11-4)7-12-6-8(2)13-9(3)14/h7-8,12H,4-6H2,1-3H3,(H,13,14)/b10-7+/t8-/m1/s1. The molecule has 0 saturated heterocycles. The van der Waals surface area contributed by atoms with Gasteiger partial charge in [-0.1, -0.05) is 6.92 Å². The van der Waals surface area contributed by atoms with Crippen molar-refractivity contribution >= 4 is 12.6 Å². The van der Waals surface area contributed by atoms with Crippen molar-refractivity contribution in [2.24, 2.45) is 4.99 Å². The van der Waals surface area contributed by atoms with E-state index in [0.717, 1.165) is 12.1 Å². The fourth-order valence-corrected chi connectivity index (χ4v) is 1.01. The molecule has 0 rings (SSSR count). The highest BCUT2D eigenvalue weighted by molar-refractivity contribution is 5.73. The molecule has 0 spiro atoms. The van der Waals surface area contributed by atoms with Crippen molar-refractivity contribution in [1.82, 2.24) is 10.6 Å². The number of carbonyl (C=O) groups excluding carboxylic acids is 1. The molecule has 0 radical (unpaired) electrons. The maximum Gasteiger partial charge on any atom is 0.217 e. The van der Waals surface area contributed by atoms with Gasteiger partial charge in [0, 0.05) is 25.7 Å². The minimum absolute atomic E-state index is 0.0131. The molecule has 0 bridgehead atoms. The summed E-state index contributed by atoms with van der Waals surface area (Å²) in [5.74, 6) is -0.0131. The van der Waals surface area contributed by atoms with Gasteiger partial charge < -0.3 is 10.6 Å². The van der Waals surface area contributed by atoms with Gasteiger partial charge in [0.15, 0.2) is 0 Å². The van der Waals surface area contributed by atoms with Crippen molar-refractivity contribution in [2.75, 3.05) is 6.54 Å². The van der Waals surface area contributed by atoms with Crippen molar-refractivity contribution < 1.29 is 4.79 Å². The molecule has 1 atom stereocenters. The Morgan fingerprint density at radius 2 is 2.29 bits per heavy atom. The van der Waals surface area contributed by atoms with E-state index in [2.05, 4.69) is 22.3 Å². The van der Waals surface area contributed by atoms with E-state index in [1.54, 1.807) is 0 Å². The number of amides is 1. The third kappa shape index (κ3) is 6.22. The zero-order valence-corrected chi connectivity index (χ0v) is 9.13. The second-order valence-corrected chi connectivity index (χ2v) is 3.16. The number of nitrogens with zero attached hydrogens (tertiary/aromatic N) is 1. The average molecular weight is 197 g/mol. The van der Waals surface area contributed by atoms with Gasteiger partial charge in [-0.05, 0) is 20.1 Å². The lowest BCUT2D eigenvalue weighted by Crippen LogP contribution is -2.37. The van der Waals surface area contributed by atoms with E-state index < -0.39 is 0 Å². The zero-order valence-electron chi connectivity index (χ0n) is 9.13. The molecule has 0 aliphatic rings. The predicted molar refractivity (Wildman–Crippen MR) is 59.2 cm³/mol. The van der Waals surface area contributed by atoms with Crippen LogP contribution in [0.1, 0.15) is 27.2 Å². The fraction of sp³-hybridized carbons (Fsp3) is 0.600. The van der Waals surface area contributed by atoms with Crippen molar-refractivity contribution in [2.45, 2.75) is 33.2 Å². The highest BCUT2D eigenvalue weighted by Crippen LogP contribution is 1.97. The first-order chi connectivity index (χ1) is 6.60. The molecule has 0 aromatic carbocycles. The lowest BCUT2D eigenvalue weighted by atomic mass is 10.3. The highest BCUT2D eigenvalue weighted by atomic mass is 16.1. The highest BCUT2D eigenvalue weighted by Gasteiger charge is 2.00. The second kappa shape index (κ2) is 7.12. The van der Waals surface area contributed by atoms with E-state index in [1.165, 1.54) is 6.92 Å². The van der Waals surface area contributed by atoms with Gasteiger partial charge in [0.25, 0.3) is 0 Å². The molecule has 0 aromatic rings. The summed E-state index contributed by atoms with van der Waals surface area (Å²) in [4.78, 5) is 14.5.